The van der Waals surface area contributed by atoms with Crippen LogP contribution in [-0.2, 0) is 9.59 Å². The summed E-state index contributed by atoms with van der Waals surface area (Å²) in [5.74, 6) is -1.13. The zero-order valence-electron chi connectivity index (χ0n) is 15.7. The third kappa shape index (κ3) is 4.02. The van der Waals surface area contributed by atoms with Gasteiger partial charge in [0, 0.05) is 4.47 Å². The summed E-state index contributed by atoms with van der Waals surface area (Å²) in [6, 6.07) is 9.24. The Morgan fingerprint density at radius 3 is 2.43 bits per heavy atom. The topological polar surface area (TPSA) is 111 Å². The van der Waals surface area contributed by atoms with E-state index in [0.717, 1.165) is 17.0 Å². The highest BCUT2D eigenvalue weighted by Gasteiger charge is 2.35. The molecule has 1 saturated heterocycles. The highest BCUT2D eigenvalue weighted by Crippen LogP contribution is 2.36. The monoisotopic (exact) mass is 491 g/mol. The van der Waals surface area contributed by atoms with Gasteiger partial charge in [-0.15, -0.1) is 0 Å². The van der Waals surface area contributed by atoms with Gasteiger partial charge in [0.15, 0.2) is 16.6 Å². The molecule has 1 heterocycles. The number of hydrogen-bond donors (Lipinski definition) is 1. The number of nitrogens with zero attached hydrogens (tertiary/aromatic N) is 2. The van der Waals surface area contributed by atoms with Crippen LogP contribution < -0.4 is 19.7 Å². The number of ether oxygens (including phenoxy) is 2. The number of carbonyl (C=O) groups excluding carboxylic acids is 2. The number of hydrogen-bond acceptors (Lipinski definition) is 7. The Balaban J connectivity index is 2.14. The SMILES string of the molecule is COc1cc(C=C2C(=O)NC(=S)N(c3cccc(Br)c3)C2=O)c([N+](=O)[O-])cc1OC. The normalized spacial score (nSPS) is 15.2. The molecule has 2 aromatic carbocycles. The second kappa shape index (κ2) is 8.59. The van der Waals surface area contributed by atoms with E-state index in [-0.39, 0.29) is 33.4 Å². The lowest BCUT2D eigenvalue weighted by Crippen LogP contribution is -2.54. The maximum atomic E-state index is 13.1. The average Bonchev–Trinajstić information content (AvgIpc) is 2.70. The molecule has 0 spiro atoms. The van der Waals surface area contributed by atoms with Crippen LogP contribution in [0.1, 0.15) is 5.56 Å². The van der Waals surface area contributed by atoms with Crippen molar-refractivity contribution in [3.63, 3.8) is 0 Å². The number of halogens is 1. The molecule has 1 fully saturated rings. The number of rotatable bonds is 5. The summed E-state index contributed by atoms with van der Waals surface area (Å²) in [4.78, 5) is 37.6. The van der Waals surface area contributed by atoms with Crippen molar-refractivity contribution in [2.45, 2.75) is 0 Å². The van der Waals surface area contributed by atoms with Gasteiger partial charge in [-0.3, -0.25) is 29.9 Å². The maximum Gasteiger partial charge on any atom is 0.280 e. The minimum Gasteiger partial charge on any atom is -0.493 e. The lowest BCUT2D eigenvalue weighted by molar-refractivity contribution is -0.385. The summed E-state index contributed by atoms with van der Waals surface area (Å²) in [7, 11) is 2.71. The Labute approximate surface area is 184 Å². The quantitative estimate of drug-likeness (QED) is 0.224. The molecule has 2 aromatic rings. The molecule has 1 aliphatic heterocycles. The van der Waals surface area contributed by atoms with Crippen molar-refractivity contribution in [1.82, 2.24) is 5.32 Å². The van der Waals surface area contributed by atoms with Crippen LogP contribution in [-0.4, -0.2) is 36.1 Å². The van der Waals surface area contributed by atoms with Crippen LogP contribution in [0.3, 0.4) is 0 Å². The van der Waals surface area contributed by atoms with Gasteiger partial charge in [-0.25, -0.2) is 0 Å². The first-order valence-electron chi connectivity index (χ1n) is 8.34. The van der Waals surface area contributed by atoms with Crippen molar-refractivity contribution in [2.24, 2.45) is 0 Å². The first-order valence-corrected chi connectivity index (χ1v) is 9.54. The lowest BCUT2D eigenvalue weighted by Gasteiger charge is -2.29. The van der Waals surface area contributed by atoms with Crippen molar-refractivity contribution in [2.75, 3.05) is 19.1 Å². The number of amides is 2. The number of carbonyl (C=O) groups is 2. The molecule has 1 N–H and O–H groups in total. The summed E-state index contributed by atoms with van der Waals surface area (Å²) in [5.41, 5.74) is -0.257. The van der Waals surface area contributed by atoms with Crippen LogP contribution in [0.2, 0.25) is 0 Å². The van der Waals surface area contributed by atoms with E-state index >= 15 is 0 Å². The zero-order chi connectivity index (χ0) is 22.0. The molecule has 2 amide bonds. The number of benzene rings is 2. The van der Waals surface area contributed by atoms with Crippen LogP contribution in [0.25, 0.3) is 6.08 Å². The zero-order valence-corrected chi connectivity index (χ0v) is 18.1. The van der Waals surface area contributed by atoms with Crippen LogP contribution >= 0.6 is 28.1 Å². The van der Waals surface area contributed by atoms with E-state index in [1.54, 1.807) is 24.3 Å². The molecule has 9 nitrogen and oxygen atoms in total. The Bertz CT molecular complexity index is 1120. The standard InChI is InChI=1S/C19H14BrN3O6S/c1-28-15-7-10(14(23(26)27)9-16(15)29-2)6-13-17(24)21-19(30)22(18(13)25)12-5-3-4-11(20)8-12/h3-9H,1-2H3,(H,21,24,30). The molecule has 0 radical (unpaired) electrons. The molecular formula is C19H14BrN3O6S. The van der Waals surface area contributed by atoms with E-state index in [1.807, 2.05) is 0 Å². The van der Waals surface area contributed by atoms with E-state index in [1.165, 1.54) is 20.3 Å². The van der Waals surface area contributed by atoms with E-state index in [0.29, 0.717) is 10.2 Å². The molecule has 0 unspecified atom stereocenters. The van der Waals surface area contributed by atoms with Gasteiger partial charge in [0.1, 0.15) is 5.57 Å². The fourth-order valence-electron chi connectivity index (χ4n) is 2.82. The largest absolute Gasteiger partial charge is 0.493 e. The predicted octanol–water partition coefficient (Wildman–Crippen LogP) is 3.21. The second-order valence-corrected chi connectivity index (χ2v) is 7.26. The number of thiocarbonyl (C=S) groups is 1. The number of nitrogens with one attached hydrogen (secondary N) is 1. The molecular weight excluding hydrogens is 478 g/mol. The molecule has 0 bridgehead atoms. The molecule has 0 aromatic heterocycles. The van der Waals surface area contributed by atoms with Crippen molar-refractivity contribution in [3.05, 3.63) is 62.1 Å². The molecule has 154 valence electrons. The smallest absolute Gasteiger partial charge is 0.280 e. The van der Waals surface area contributed by atoms with E-state index in [4.69, 9.17) is 21.7 Å². The summed E-state index contributed by atoms with van der Waals surface area (Å²) in [6.45, 7) is 0. The summed E-state index contributed by atoms with van der Waals surface area (Å²) in [6.07, 6.45) is 1.13. The molecule has 30 heavy (non-hydrogen) atoms. The van der Waals surface area contributed by atoms with Crippen molar-refractivity contribution in [3.8, 4) is 11.5 Å². The van der Waals surface area contributed by atoms with Gasteiger partial charge < -0.3 is 9.47 Å². The van der Waals surface area contributed by atoms with Crippen LogP contribution in [0.15, 0.2) is 46.4 Å². The van der Waals surface area contributed by atoms with E-state index < -0.39 is 16.7 Å². The predicted molar refractivity (Wildman–Crippen MR) is 117 cm³/mol. The highest BCUT2D eigenvalue weighted by atomic mass is 79.9. The number of nitro benzene ring substituents is 1. The molecule has 3 rings (SSSR count). The first kappa shape index (κ1) is 21.4. The number of methoxy groups -OCH3 is 2. The van der Waals surface area contributed by atoms with Gasteiger partial charge in [0.25, 0.3) is 17.5 Å². The minimum absolute atomic E-state index is 0.00170. The van der Waals surface area contributed by atoms with Gasteiger partial charge in [0.05, 0.1) is 36.5 Å². The maximum absolute atomic E-state index is 13.1. The summed E-state index contributed by atoms with van der Waals surface area (Å²) < 4.78 is 11.0. The fourth-order valence-corrected chi connectivity index (χ4v) is 3.49. The Morgan fingerprint density at radius 1 is 1.17 bits per heavy atom. The Hall–Kier alpha value is -3.31. The third-order valence-electron chi connectivity index (χ3n) is 4.20. The lowest BCUT2D eigenvalue weighted by atomic mass is 10.0. The van der Waals surface area contributed by atoms with Crippen LogP contribution in [0.4, 0.5) is 11.4 Å². The third-order valence-corrected chi connectivity index (χ3v) is 4.98. The molecule has 0 atom stereocenters. The van der Waals surface area contributed by atoms with Gasteiger partial charge in [0.2, 0.25) is 0 Å². The van der Waals surface area contributed by atoms with Gasteiger partial charge >= 0.3 is 0 Å². The number of nitro groups is 1. The van der Waals surface area contributed by atoms with Crippen LogP contribution in [0, 0.1) is 10.1 Å². The summed E-state index contributed by atoms with van der Waals surface area (Å²) >= 11 is 8.47. The van der Waals surface area contributed by atoms with Gasteiger partial charge in [-0.05, 0) is 42.6 Å². The minimum atomic E-state index is -0.764. The average molecular weight is 492 g/mol. The molecule has 0 saturated carbocycles. The van der Waals surface area contributed by atoms with E-state index in [9.17, 15) is 19.7 Å². The number of anilines is 1. The van der Waals surface area contributed by atoms with Crippen molar-refractivity contribution >= 4 is 62.5 Å². The fraction of sp³-hybridized carbons (Fsp3) is 0.105. The molecule has 1 aliphatic rings. The van der Waals surface area contributed by atoms with Crippen LogP contribution in [0.5, 0.6) is 11.5 Å². The molecule has 0 aliphatic carbocycles. The Kier molecular flexibility index (Phi) is 6.13. The van der Waals surface area contributed by atoms with Gasteiger partial charge in [-0.2, -0.15) is 0 Å². The van der Waals surface area contributed by atoms with E-state index in [2.05, 4.69) is 21.2 Å². The van der Waals surface area contributed by atoms with Crippen molar-refractivity contribution < 1.29 is 24.0 Å². The first-order chi connectivity index (χ1) is 14.3. The highest BCUT2D eigenvalue weighted by molar-refractivity contribution is 9.10. The Morgan fingerprint density at radius 2 is 1.83 bits per heavy atom. The van der Waals surface area contributed by atoms with Gasteiger partial charge in [-0.1, -0.05) is 22.0 Å². The molecule has 11 heteroatoms. The second-order valence-electron chi connectivity index (χ2n) is 5.96. The summed E-state index contributed by atoms with van der Waals surface area (Å²) in [5, 5.41) is 13.9. The van der Waals surface area contributed by atoms with Crippen molar-refractivity contribution in [1.29, 1.82) is 0 Å².